The first-order chi connectivity index (χ1) is 7.27. The SMILES string of the molecule is CCCCC(CCC)[n+]1cccc(C)c1.[Br-]. The first-order valence-corrected chi connectivity index (χ1v) is 6.25. The zero-order valence-corrected chi connectivity index (χ0v) is 12.3. The van der Waals surface area contributed by atoms with Crippen LogP contribution in [0.4, 0.5) is 0 Å². The van der Waals surface area contributed by atoms with Crippen molar-refractivity contribution in [3.05, 3.63) is 30.1 Å². The molecule has 2 heteroatoms. The molecule has 0 aliphatic carbocycles. The van der Waals surface area contributed by atoms with Crippen LogP contribution in [-0.4, -0.2) is 0 Å². The third kappa shape index (κ3) is 5.11. The van der Waals surface area contributed by atoms with Crippen LogP contribution in [-0.2, 0) is 0 Å². The zero-order chi connectivity index (χ0) is 11.1. The normalized spacial score (nSPS) is 11.9. The molecule has 0 spiro atoms. The van der Waals surface area contributed by atoms with E-state index in [9.17, 15) is 0 Å². The maximum absolute atomic E-state index is 2.40. The van der Waals surface area contributed by atoms with Crippen LogP contribution >= 0.6 is 0 Å². The topological polar surface area (TPSA) is 3.88 Å². The average Bonchev–Trinajstić information content (AvgIpc) is 2.24. The Hall–Kier alpha value is -0.370. The summed E-state index contributed by atoms with van der Waals surface area (Å²) in [6, 6.07) is 5.03. The predicted octanol–water partition coefficient (Wildman–Crippen LogP) is 0.818. The molecule has 1 aromatic rings. The van der Waals surface area contributed by atoms with Gasteiger partial charge in [0.1, 0.15) is 0 Å². The van der Waals surface area contributed by atoms with Gasteiger partial charge >= 0.3 is 0 Å². The lowest BCUT2D eigenvalue weighted by molar-refractivity contribution is -0.724. The molecule has 0 radical (unpaired) electrons. The van der Waals surface area contributed by atoms with E-state index in [0.717, 1.165) is 0 Å². The maximum atomic E-state index is 2.40. The van der Waals surface area contributed by atoms with Gasteiger partial charge in [-0.3, -0.25) is 0 Å². The minimum absolute atomic E-state index is 0. The predicted molar refractivity (Wildman–Crippen MR) is 64.8 cm³/mol. The second-order valence-corrected chi connectivity index (χ2v) is 4.41. The van der Waals surface area contributed by atoms with Crippen LogP contribution in [0.15, 0.2) is 24.5 Å². The standard InChI is InChI=1S/C14H24N.BrH/c1-4-6-10-14(8-5-2)15-11-7-9-13(3)12-15;/h7,9,11-12,14H,4-6,8,10H2,1-3H3;1H/q+1;/p-1. The highest BCUT2D eigenvalue weighted by Gasteiger charge is 2.16. The average molecular weight is 286 g/mol. The van der Waals surface area contributed by atoms with E-state index >= 15 is 0 Å². The van der Waals surface area contributed by atoms with Crippen LogP contribution in [0.2, 0.25) is 0 Å². The first-order valence-electron chi connectivity index (χ1n) is 6.25. The van der Waals surface area contributed by atoms with Crippen molar-refractivity contribution >= 4 is 0 Å². The van der Waals surface area contributed by atoms with Gasteiger partial charge in [0.05, 0.1) is 0 Å². The third-order valence-corrected chi connectivity index (χ3v) is 2.90. The number of aryl methyl sites for hydroxylation is 1. The van der Waals surface area contributed by atoms with Gasteiger partial charge in [0.2, 0.25) is 0 Å². The van der Waals surface area contributed by atoms with Gasteiger partial charge in [-0.2, -0.15) is 0 Å². The molecule has 0 fully saturated rings. The number of halogens is 1. The van der Waals surface area contributed by atoms with Crippen molar-refractivity contribution in [3.63, 3.8) is 0 Å². The zero-order valence-electron chi connectivity index (χ0n) is 10.7. The van der Waals surface area contributed by atoms with Crippen molar-refractivity contribution < 1.29 is 21.5 Å². The van der Waals surface area contributed by atoms with E-state index in [1.165, 1.54) is 37.7 Å². The molecule has 1 rings (SSSR count). The number of unbranched alkanes of at least 4 members (excludes halogenated alkanes) is 1. The molecule has 92 valence electrons. The number of rotatable bonds is 6. The molecule has 0 saturated carbocycles. The Morgan fingerprint density at radius 1 is 1.19 bits per heavy atom. The van der Waals surface area contributed by atoms with Crippen LogP contribution in [0.1, 0.15) is 57.6 Å². The minimum Gasteiger partial charge on any atom is -1.00 e. The van der Waals surface area contributed by atoms with Crippen molar-refractivity contribution in [1.29, 1.82) is 0 Å². The van der Waals surface area contributed by atoms with E-state index in [-0.39, 0.29) is 17.0 Å². The highest BCUT2D eigenvalue weighted by atomic mass is 79.9. The third-order valence-electron chi connectivity index (χ3n) is 2.90. The lowest BCUT2D eigenvalue weighted by Crippen LogP contribution is -3.00. The molecule has 0 saturated heterocycles. The summed E-state index contributed by atoms with van der Waals surface area (Å²) >= 11 is 0. The van der Waals surface area contributed by atoms with Gasteiger partial charge in [0.25, 0.3) is 0 Å². The van der Waals surface area contributed by atoms with Crippen LogP contribution in [0.3, 0.4) is 0 Å². The number of aromatic nitrogens is 1. The van der Waals surface area contributed by atoms with Gasteiger partial charge in [-0.25, -0.2) is 4.57 Å². The summed E-state index contributed by atoms with van der Waals surface area (Å²) in [7, 11) is 0. The van der Waals surface area contributed by atoms with Crippen LogP contribution < -0.4 is 21.5 Å². The molecule has 0 aliphatic rings. The molecule has 1 atom stereocenters. The molecule has 1 heterocycles. The quantitative estimate of drug-likeness (QED) is 0.682. The number of hydrogen-bond acceptors (Lipinski definition) is 0. The van der Waals surface area contributed by atoms with E-state index < -0.39 is 0 Å². The molecule has 16 heavy (non-hydrogen) atoms. The summed E-state index contributed by atoms with van der Waals surface area (Å²) in [6.45, 7) is 6.71. The van der Waals surface area contributed by atoms with E-state index in [1.807, 2.05) is 0 Å². The van der Waals surface area contributed by atoms with Gasteiger partial charge in [-0.15, -0.1) is 0 Å². The minimum atomic E-state index is 0. The molecule has 1 aromatic heterocycles. The van der Waals surface area contributed by atoms with Crippen LogP contribution in [0.25, 0.3) is 0 Å². The second-order valence-electron chi connectivity index (χ2n) is 4.41. The smallest absolute Gasteiger partial charge is 0.171 e. The monoisotopic (exact) mass is 285 g/mol. The summed E-state index contributed by atoms with van der Waals surface area (Å²) in [6.07, 6.45) is 11.0. The summed E-state index contributed by atoms with van der Waals surface area (Å²) < 4.78 is 2.40. The lowest BCUT2D eigenvalue weighted by atomic mass is 10.0. The number of pyridine rings is 1. The molecular formula is C14H24BrN. The molecule has 0 aliphatic heterocycles. The van der Waals surface area contributed by atoms with Gasteiger partial charge < -0.3 is 17.0 Å². The van der Waals surface area contributed by atoms with Crippen LogP contribution in [0.5, 0.6) is 0 Å². The highest BCUT2D eigenvalue weighted by Crippen LogP contribution is 2.14. The Morgan fingerprint density at radius 3 is 2.50 bits per heavy atom. The molecule has 1 nitrogen and oxygen atoms in total. The Balaban J connectivity index is 0.00000225. The van der Waals surface area contributed by atoms with E-state index in [4.69, 9.17) is 0 Å². The highest BCUT2D eigenvalue weighted by molar-refractivity contribution is 5.01. The summed E-state index contributed by atoms with van der Waals surface area (Å²) in [5.74, 6) is 0. The molecular weight excluding hydrogens is 262 g/mol. The molecule has 0 bridgehead atoms. The number of nitrogens with zero attached hydrogens (tertiary/aromatic N) is 1. The second kappa shape index (κ2) is 8.74. The summed E-state index contributed by atoms with van der Waals surface area (Å²) in [5.41, 5.74) is 1.36. The fraction of sp³-hybridized carbons (Fsp3) is 0.643. The van der Waals surface area contributed by atoms with E-state index in [0.29, 0.717) is 6.04 Å². The Bertz CT molecular complexity index is 286. The molecule has 0 aromatic carbocycles. The van der Waals surface area contributed by atoms with Crippen molar-refractivity contribution in [2.75, 3.05) is 0 Å². The van der Waals surface area contributed by atoms with Crippen molar-refractivity contribution in [2.24, 2.45) is 0 Å². The van der Waals surface area contributed by atoms with Gasteiger partial charge in [-0.1, -0.05) is 20.3 Å². The van der Waals surface area contributed by atoms with E-state index in [1.54, 1.807) is 0 Å². The van der Waals surface area contributed by atoms with Gasteiger partial charge in [0, 0.05) is 24.5 Å². The first kappa shape index (κ1) is 15.6. The van der Waals surface area contributed by atoms with E-state index in [2.05, 4.69) is 49.9 Å². The fourth-order valence-corrected chi connectivity index (χ4v) is 2.06. The summed E-state index contributed by atoms with van der Waals surface area (Å²) in [5, 5.41) is 0. The molecule has 0 N–H and O–H groups in total. The van der Waals surface area contributed by atoms with Crippen LogP contribution in [0, 0.1) is 6.92 Å². The largest absolute Gasteiger partial charge is 1.00 e. The lowest BCUT2D eigenvalue weighted by Gasteiger charge is -2.11. The Kier molecular flexibility index (Phi) is 8.54. The Morgan fingerprint density at radius 2 is 1.94 bits per heavy atom. The van der Waals surface area contributed by atoms with Gasteiger partial charge in [0.15, 0.2) is 18.4 Å². The molecule has 1 unspecified atom stereocenters. The summed E-state index contributed by atoms with van der Waals surface area (Å²) in [4.78, 5) is 0. The fourth-order valence-electron chi connectivity index (χ4n) is 2.06. The van der Waals surface area contributed by atoms with Crippen molar-refractivity contribution in [2.45, 2.75) is 58.9 Å². The maximum Gasteiger partial charge on any atom is 0.171 e. The Labute approximate surface area is 111 Å². The number of hydrogen-bond donors (Lipinski definition) is 0. The van der Waals surface area contributed by atoms with Crippen molar-refractivity contribution in [1.82, 2.24) is 0 Å². The van der Waals surface area contributed by atoms with Gasteiger partial charge in [-0.05, 0) is 25.8 Å². The molecule has 0 amide bonds. The van der Waals surface area contributed by atoms with Crippen molar-refractivity contribution in [3.8, 4) is 0 Å².